The third-order valence-corrected chi connectivity index (χ3v) is 6.32. The summed E-state index contributed by atoms with van der Waals surface area (Å²) in [5.74, 6) is -2.01. The van der Waals surface area contributed by atoms with E-state index in [0.29, 0.717) is 19.4 Å². The maximum atomic E-state index is 13.0. The van der Waals surface area contributed by atoms with Crippen LogP contribution in [0.5, 0.6) is 0 Å². The number of nitrogens with one attached hydrogen (secondary N) is 2. The molecule has 1 aromatic heterocycles. The summed E-state index contributed by atoms with van der Waals surface area (Å²) in [6, 6.07) is 0. The van der Waals surface area contributed by atoms with Crippen LogP contribution in [-0.2, 0) is 26.7 Å². The number of sulfonamides is 1. The number of hydrogen-bond acceptors (Lipinski definition) is 5. The van der Waals surface area contributed by atoms with Crippen LogP contribution in [0, 0.1) is 5.92 Å². The van der Waals surface area contributed by atoms with Gasteiger partial charge in [0.05, 0.1) is 10.9 Å². The number of piperidine rings is 1. The lowest BCUT2D eigenvalue weighted by atomic mass is 9.98. The van der Waals surface area contributed by atoms with E-state index in [1.54, 1.807) is 13.8 Å². The molecule has 1 atom stereocenters. The highest BCUT2D eigenvalue weighted by Gasteiger charge is 2.30. The van der Waals surface area contributed by atoms with Crippen molar-refractivity contribution >= 4 is 27.5 Å². The van der Waals surface area contributed by atoms with Gasteiger partial charge >= 0.3 is 11.8 Å². The predicted octanol–water partition coefficient (Wildman–Crippen LogP) is 0.863. The van der Waals surface area contributed by atoms with Crippen LogP contribution in [0.25, 0.3) is 0 Å². The van der Waals surface area contributed by atoms with Gasteiger partial charge in [-0.25, -0.2) is 21.9 Å². The number of aryl methyl sites for hydroxylation is 1. The zero-order chi connectivity index (χ0) is 21.1. The normalized spacial score (nSPS) is 18.0. The Bertz CT molecular complexity index is 825. The van der Waals surface area contributed by atoms with Crippen molar-refractivity contribution in [2.24, 2.45) is 13.0 Å². The fourth-order valence-corrected chi connectivity index (χ4v) is 3.70. The number of nitrogens with zero attached hydrogens (tertiary/aromatic N) is 3. The molecular weight excluding hydrogens is 396 g/mol. The largest absolute Gasteiger partial charge is 0.334 e. The second-order valence-electron chi connectivity index (χ2n) is 7.06. The third kappa shape index (κ3) is 5.47. The van der Waals surface area contributed by atoms with Crippen molar-refractivity contribution in [3.05, 3.63) is 11.9 Å². The molecule has 2 N–H and O–H groups in total. The van der Waals surface area contributed by atoms with Crippen molar-refractivity contribution < 1.29 is 26.8 Å². The first-order chi connectivity index (χ1) is 13.0. The summed E-state index contributed by atoms with van der Waals surface area (Å²) in [6.45, 7) is 3.85. The van der Waals surface area contributed by atoms with Gasteiger partial charge in [-0.05, 0) is 32.6 Å². The first-order valence-electron chi connectivity index (χ1n) is 8.91. The molecular formula is C16H25F2N5O4S. The summed E-state index contributed by atoms with van der Waals surface area (Å²) in [4.78, 5) is 25.9. The van der Waals surface area contributed by atoms with Crippen molar-refractivity contribution in [2.75, 3.05) is 25.0 Å². The van der Waals surface area contributed by atoms with Crippen molar-refractivity contribution in [3.63, 3.8) is 0 Å². The molecule has 0 saturated carbocycles. The van der Waals surface area contributed by atoms with E-state index in [-0.39, 0.29) is 24.7 Å². The van der Waals surface area contributed by atoms with E-state index in [0.717, 1.165) is 4.68 Å². The van der Waals surface area contributed by atoms with Crippen LogP contribution in [0.2, 0.25) is 0 Å². The molecule has 1 saturated heterocycles. The molecule has 1 aliphatic rings. The summed E-state index contributed by atoms with van der Waals surface area (Å²) in [7, 11) is -1.99. The lowest BCUT2D eigenvalue weighted by Gasteiger charge is -2.32. The Hall–Kier alpha value is -2.08. The molecule has 0 bridgehead atoms. The summed E-state index contributed by atoms with van der Waals surface area (Å²) in [6.07, 6.45) is -0.362. The zero-order valence-corrected chi connectivity index (χ0v) is 16.8. The molecule has 12 heteroatoms. The van der Waals surface area contributed by atoms with Gasteiger partial charge in [0.15, 0.2) is 5.69 Å². The molecule has 0 radical (unpaired) electrons. The van der Waals surface area contributed by atoms with Gasteiger partial charge < -0.3 is 10.2 Å². The van der Waals surface area contributed by atoms with Gasteiger partial charge in [0, 0.05) is 32.9 Å². The van der Waals surface area contributed by atoms with Crippen LogP contribution in [0.15, 0.2) is 6.20 Å². The van der Waals surface area contributed by atoms with E-state index >= 15 is 0 Å². The summed E-state index contributed by atoms with van der Waals surface area (Å²) < 4.78 is 53.3. The quantitative estimate of drug-likeness (QED) is 0.662. The first kappa shape index (κ1) is 22.2. The third-order valence-electron chi connectivity index (χ3n) is 4.51. The summed E-state index contributed by atoms with van der Waals surface area (Å²) >= 11 is 0. The molecule has 0 aromatic carbocycles. The van der Waals surface area contributed by atoms with Gasteiger partial charge in [0.2, 0.25) is 10.0 Å². The first-order valence-corrected chi connectivity index (χ1v) is 10.5. The number of aromatic nitrogens is 2. The topological polar surface area (TPSA) is 113 Å². The minimum atomic E-state index is -3.42. The second-order valence-corrected chi connectivity index (χ2v) is 9.38. The summed E-state index contributed by atoms with van der Waals surface area (Å²) in [5.41, 5.74) is -0.822. The predicted molar refractivity (Wildman–Crippen MR) is 98.2 cm³/mol. The molecule has 2 heterocycles. The highest BCUT2D eigenvalue weighted by Crippen LogP contribution is 2.25. The second kappa shape index (κ2) is 8.95. The van der Waals surface area contributed by atoms with Gasteiger partial charge in [-0.2, -0.15) is 5.10 Å². The molecule has 2 amide bonds. The number of anilines is 1. The van der Waals surface area contributed by atoms with Gasteiger partial charge in [0.25, 0.3) is 6.43 Å². The number of alkyl halides is 2. The smallest absolute Gasteiger partial charge is 0.314 e. The van der Waals surface area contributed by atoms with Gasteiger partial charge in [0.1, 0.15) is 0 Å². The monoisotopic (exact) mass is 421 g/mol. The number of carbonyl (C=O) groups is 2. The molecule has 1 aliphatic heterocycles. The standard InChI is InChI=1S/C16H25F2N5O4S/c1-10(2)28(26,27)19-7-11-5-4-6-23(8-11)16(25)15(24)20-12-9-22(3)21-13(12)14(17)18/h9-11,14,19H,4-8H2,1-3H3,(H,20,24). The SMILES string of the molecule is CC(C)S(=O)(=O)NCC1CCCN(C(=O)C(=O)Nc2cn(C)nc2C(F)F)C1. The lowest BCUT2D eigenvalue weighted by molar-refractivity contribution is -0.144. The van der Waals surface area contributed by atoms with Gasteiger partial charge in [-0.3, -0.25) is 14.3 Å². The Morgan fingerprint density at radius 2 is 2.04 bits per heavy atom. The minimum absolute atomic E-state index is 0.131. The Kier molecular flexibility index (Phi) is 7.10. The van der Waals surface area contributed by atoms with Crippen molar-refractivity contribution in [1.29, 1.82) is 0 Å². The fourth-order valence-electron chi connectivity index (χ4n) is 2.90. The number of carbonyl (C=O) groups excluding carboxylic acids is 2. The van der Waals surface area contributed by atoms with Crippen molar-refractivity contribution in [2.45, 2.75) is 38.4 Å². The minimum Gasteiger partial charge on any atom is -0.334 e. The van der Waals surface area contributed by atoms with E-state index in [2.05, 4.69) is 15.1 Å². The maximum absolute atomic E-state index is 13.0. The van der Waals surface area contributed by atoms with Crippen LogP contribution in [-0.4, -0.2) is 59.8 Å². The molecule has 28 heavy (non-hydrogen) atoms. The molecule has 0 spiro atoms. The van der Waals surface area contributed by atoms with Crippen LogP contribution in [0.1, 0.15) is 38.8 Å². The van der Waals surface area contributed by atoms with Gasteiger partial charge in [-0.1, -0.05) is 0 Å². The Labute approximate surface area is 162 Å². The molecule has 1 fully saturated rings. The molecule has 0 aliphatic carbocycles. The molecule has 158 valence electrons. The number of rotatable bonds is 6. The zero-order valence-electron chi connectivity index (χ0n) is 16.0. The highest BCUT2D eigenvalue weighted by molar-refractivity contribution is 7.90. The van der Waals surface area contributed by atoms with E-state index < -0.39 is 39.2 Å². The van der Waals surface area contributed by atoms with Crippen molar-refractivity contribution in [1.82, 2.24) is 19.4 Å². The number of hydrogen-bond donors (Lipinski definition) is 2. The average Bonchev–Trinajstić information content (AvgIpc) is 3.00. The molecule has 2 rings (SSSR count). The Morgan fingerprint density at radius 3 is 2.64 bits per heavy atom. The van der Waals surface area contributed by atoms with E-state index in [9.17, 15) is 26.8 Å². The number of likely N-dealkylation sites (tertiary alicyclic amines) is 1. The molecule has 1 aromatic rings. The van der Waals surface area contributed by atoms with Gasteiger partial charge in [-0.15, -0.1) is 0 Å². The van der Waals surface area contributed by atoms with E-state index in [1.165, 1.54) is 18.1 Å². The van der Waals surface area contributed by atoms with Crippen LogP contribution in [0.4, 0.5) is 14.5 Å². The van der Waals surface area contributed by atoms with Crippen molar-refractivity contribution in [3.8, 4) is 0 Å². The fraction of sp³-hybridized carbons (Fsp3) is 0.688. The highest BCUT2D eigenvalue weighted by atomic mass is 32.2. The van der Waals surface area contributed by atoms with Crippen LogP contribution >= 0.6 is 0 Å². The maximum Gasteiger partial charge on any atom is 0.314 e. The average molecular weight is 421 g/mol. The Balaban J connectivity index is 1.97. The van der Waals surface area contributed by atoms with E-state index in [1.807, 2.05) is 0 Å². The number of halogens is 2. The lowest BCUT2D eigenvalue weighted by Crippen LogP contribution is -2.47. The molecule has 9 nitrogen and oxygen atoms in total. The van der Waals surface area contributed by atoms with E-state index in [4.69, 9.17) is 0 Å². The summed E-state index contributed by atoms with van der Waals surface area (Å²) in [5, 5.41) is 5.19. The van der Waals surface area contributed by atoms with Crippen LogP contribution < -0.4 is 10.0 Å². The molecule has 1 unspecified atom stereocenters. The van der Waals surface area contributed by atoms with Crippen LogP contribution in [0.3, 0.4) is 0 Å². The Morgan fingerprint density at radius 1 is 1.36 bits per heavy atom. The number of amides is 2.